The van der Waals surface area contributed by atoms with Gasteiger partial charge in [-0.25, -0.2) is 4.98 Å². The van der Waals surface area contributed by atoms with Crippen molar-refractivity contribution in [2.45, 2.75) is 33.7 Å². The predicted molar refractivity (Wildman–Crippen MR) is 143 cm³/mol. The Labute approximate surface area is 208 Å². The fourth-order valence-corrected chi connectivity index (χ4v) is 5.69. The van der Waals surface area contributed by atoms with Crippen molar-refractivity contribution < 1.29 is 4.79 Å². The van der Waals surface area contributed by atoms with E-state index in [9.17, 15) is 9.59 Å². The first-order valence-corrected chi connectivity index (χ1v) is 12.6. The van der Waals surface area contributed by atoms with Gasteiger partial charge in [-0.3, -0.25) is 14.5 Å². The molecule has 2 aromatic carbocycles. The maximum atomic E-state index is 13.0. The number of nitrogens with zero attached hydrogens (tertiary/aromatic N) is 2. The minimum atomic E-state index is -0.215. The molecule has 0 saturated heterocycles. The Balaban J connectivity index is 1.35. The minimum absolute atomic E-state index is 0.193. The summed E-state index contributed by atoms with van der Waals surface area (Å²) in [6, 6.07) is 16.3. The van der Waals surface area contributed by atoms with E-state index in [-0.39, 0.29) is 11.5 Å². The van der Waals surface area contributed by atoms with Crippen LogP contribution in [0.1, 0.15) is 44.2 Å². The maximum absolute atomic E-state index is 13.0. The maximum Gasteiger partial charge on any atom is 0.266 e. The zero-order valence-electron chi connectivity index (χ0n) is 20.1. The monoisotopic (exact) mass is 484 g/mol. The number of hydrogen-bond donors (Lipinski definition) is 2. The number of fused-ring (bicyclic) bond motifs is 1. The summed E-state index contributed by atoms with van der Waals surface area (Å²) in [5.41, 5.74) is 6.01. The topological polar surface area (TPSA) is 78.1 Å². The molecule has 1 amide bonds. The molecule has 1 aliphatic heterocycles. The third-order valence-electron chi connectivity index (χ3n) is 6.50. The fraction of sp³-hybridized carbons (Fsp3) is 0.250. The molecule has 0 radical (unpaired) electrons. The molecule has 35 heavy (non-hydrogen) atoms. The van der Waals surface area contributed by atoms with Gasteiger partial charge in [0, 0.05) is 18.8 Å². The van der Waals surface area contributed by atoms with E-state index >= 15 is 0 Å². The minimum Gasteiger partial charge on any atom is -0.321 e. The predicted octanol–water partition coefficient (Wildman–Crippen LogP) is 5.45. The van der Waals surface area contributed by atoms with Gasteiger partial charge in [0.2, 0.25) is 0 Å². The largest absolute Gasteiger partial charge is 0.321 e. The van der Waals surface area contributed by atoms with Crippen LogP contribution in [0.4, 0.5) is 5.69 Å². The lowest BCUT2D eigenvalue weighted by molar-refractivity contribution is 0.103. The zero-order valence-corrected chi connectivity index (χ0v) is 21.0. The Hall–Kier alpha value is -3.55. The fourth-order valence-electron chi connectivity index (χ4n) is 4.59. The lowest BCUT2D eigenvalue weighted by Gasteiger charge is -2.25. The summed E-state index contributed by atoms with van der Waals surface area (Å²) in [6.07, 6.45) is 3.21. The first-order chi connectivity index (χ1) is 16.9. The Morgan fingerprint density at radius 2 is 1.94 bits per heavy atom. The van der Waals surface area contributed by atoms with E-state index in [1.165, 1.54) is 22.5 Å². The lowest BCUT2D eigenvalue weighted by Crippen LogP contribution is -2.29. The number of anilines is 1. The highest BCUT2D eigenvalue weighted by Crippen LogP contribution is 2.29. The van der Waals surface area contributed by atoms with Crippen molar-refractivity contribution in [2.75, 3.05) is 18.4 Å². The van der Waals surface area contributed by atoms with Crippen LogP contribution in [0.2, 0.25) is 0 Å². The van der Waals surface area contributed by atoms with Crippen molar-refractivity contribution in [3.05, 3.63) is 97.9 Å². The highest BCUT2D eigenvalue weighted by atomic mass is 32.1. The van der Waals surface area contributed by atoms with Crippen molar-refractivity contribution in [3.63, 3.8) is 0 Å². The van der Waals surface area contributed by atoms with Gasteiger partial charge in [0.1, 0.15) is 10.7 Å². The highest BCUT2D eigenvalue weighted by Gasteiger charge is 2.21. The van der Waals surface area contributed by atoms with Crippen LogP contribution in [0.3, 0.4) is 0 Å². The van der Waals surface area contributed by atoms with Crippen molar-refractivity contribution in [1.29, 1.82) is 0 Å². The van der Waals surface area contributed by atoms with E-state index in [4.69, 9.17) is 4.98 Å². The van der Waals surface area contributed by atoms with Gasteiger partial charge >= 0.3 is 0 Å². The number of amides is 1. The van der Waals surface area contributed by atoms with Gasteiger partial charge in [-0.2, -0.15) is 0 Å². The standard InChI is InChI=1S/C28H28N4O2S/c1-17-9-10-22(18(2)15-17)29-27(34)25-19(3)24-26(33)30-23(31-28(24)35-25)16-32-13-11-21(12-14-32)20-7-5-4-6-8-20/h4-11,15H,12-14,16H2,1-3H3,(H,29,34)(H,30,31,33). The van der Waals surface area contributed by atoms with E-state index in [1.807, 2.05) is 45.0 Å². The molecule has 5 rings (SSSR count). The molecule has 3 heterocycles. The van der Waals surface area contributed by atoms with Crippen LogP contribution in [0, 0.1) is 20.8 Å². The van der Waals surface area contributed by atoms with Gasteiger partial charge in [-0.15, -0.1) is 11.3 Å². The van der Waals surface area contributed by atoms with Gasteiger partial charge in [0.05, 0.1) is 16.8 Å². The summed E-state index contributed by atoms with van der Waals surface area (Å²) in [5, 5.41) is 3.48. The Morgan fingerprint density at radius 3 is 2.66 bits per heavy atom. The highest BCUT2D eigenvalue weighted by molar-refractivity contribution is 7.20. The van der Waals surface area contributed by atoms with E-state index in [1.54, 1.807) is 0 Å². The average Bonchev–Trinajstić information content (AvgIpc) is 3.18. The lowest BCUT2D eigenvalue weighted by atomic mass is 10.00. The van der Waals surface area contributed by atoms with Gasteiger partial charge in [-0.1, -0.05) is 54.1 Å². The number of thiophene rings is 1. The van der Waals surface area contributed by atoms with E-state index in [0.717, 1.165) is 36.3 Å². The molecule has 4 aromatic rings. The SMILES string of the molecule is Cc1ccc(NC(=O)c2sc3nc(CN4CC=C(c5ccccc5)CC4)[nH]c(=O)c3c2C)c(C)c1. The van der Waals surface area contributed by atoms with Gasteiger partial charge in [-0.05, 0) is 55.5 Å². The van der Waals surface area contributed by atoms with Crippen molar-refractivity contribution in [1.82, 2.24) is 14.9 Å². The zero-order chi connectivity index (χ0) is 24.5. The molecule has 0 spiro atoms. The van der Waals surface area contributed by atoms with Gasteiger partial charge < -0.3 is 10.3 Å². The van der Waals surface area contributed by atoms with E-state index in [2.05, 4.69) is 45.5 Å². The summed E-state index contributed by atoms with van der Waals surface area (Å²) in [6.45, 7) is 8.07. The Kier molecular flexibility index (Phi) is 6.36. The molecule has 178 valence electrons. The van der Waals surface area contributed by atoms with Crippen molar-refractivity contribution in [3.8, 4) is 0 Å². The molecular weight excluding hydrogens is 456 g/mol. The Morgan fingerprint density at radius 1 is 1.14 bits per heavy atom. The molecular formula is C28H28N4O2S. The third kappa shape index (κ3) is 4.83. The van der Waals surface area contributed by atoms with Crippen LogP contribution in [0.25, 0.3) is 15.8 Å². The summed E-state index contributed by atoms with van der Waals surface area (Å²) < 4.78 is 0. The van der Waals surface area contributed by atoms with Crippen LogP contribution in [0.5, 0.6) is 0 Å². The van der Waals surface area contributed by atoms with Crippen molar-refractivity contribution >= 4 is 38.7 Å². The number of carbonyl (C=O) groups excluding carboxylic acids is 1. The normalized spacial score (nSPS) is 14.2. The molecule has 7 heteroatoms. The molecule has 2 N–H and O–H groups in total. The van der Waals surface area contributed by atoms with Gasteiger partial charge in [0.15, 0.2) is 0 Å². The molecule has 2 aromatic heterocycles. The van der Waals surface area contributed by atoms with Crippen LogP contribution >= 0.6 is 11.3 Å². The first kappa shape index (κ1) is 23.2. The van der Waals surface area contributed by atoms with Crippen LogP contribution in [-0.2, 0) is 6.54 Å². The number of nitrogens with one attached hydrogen (secondary N) is 2. The quantitative estimate of drug-likeness (QED) is 0.395. The second-order valence-electron chi connectivity index (χ2n) is 9.10. The smallest absolute Gasteiger partial charge is 0.266 e. The van der Waals surface area contributed by atoms with Crippen LogP contribution in [-0.4, -0.2) is 33.9 Å². The second kappa shape index (κ2) is 9.60. The third-order valence-corrected chi connectivity index (χ3v) is 7.68. The average molecular weight is 485 g/mol. The molecule has 0 unspecified atom stereocenters. The first-order valence-electron chi connectivity index (χ1n) is 11.8. The molecule has 0 atom stereocenters. The number of rotatable bonds is 5. The van der Waals surface area contributed by atoms with E-state index < -0.39 is 0 Å². The molecule has 1 aliphatic rings. The number of H-pyrrole nitrogens is 1. The number of aromatic amines is 1. The van der Waals surface area contributed by atoms with E-state index in [0.29, 0.717) is 33.0 Å². The van der Waals surface area contributed by atoms with Gasteiger partial charge in [0.25, 0.3) is 11.5 Å². The number of carbonyl (C=O) groups is 1. The van der Waals surface area contributed by atoms with Crippen molar-refractivity contribution in [2.24, 2.45) is 0 Å². The molecule has 6 nitrogen and oxygen atoms in total. The number of hydrogen-bond acceptors (Lipinski definition) is 5. The van der Waals surface area contributed by atoms with Crippen LogP contribution in [0.15, 0.2) is 59.4 Å². The van der Waals surface area contributed by atoms with Crippen LogP contribution < -0.4 is 10.9 Å². The number of benzene rings is 2. The molecule has 0 aliphatic carbocycles. The summed E-state index contributed by atoms with van der Waals surface area (Å²) >= 11 is 1.27. The molecule has 0 fully saturated rings. The Bertz CT molecular complexity index is 1500. The number of aromatic nitrogens is 2. The molecule has 0 saturated carbocycles. The second-order valence-corrected chi connectivity index (χ2v) is 10.1. The summed E-state index contributed by atoms with van der Waals surface area (Å²) in [7, 11) is 0. The molecule has 0 bridgehead atoms. The summed E-state index contributed by atoms with van der Waals surface area (Å²) in [5.74, 6) is 0.412. The number of aryl methyl sites for hydroxylation is 3. The summed E-state index contributed by atoms with van der Waals surface area (Å²) in [4.78, 5) is 37.0.